The van der Waals surface area contributed by atoms with Crippen LogP contribution in [0.4, 0.5) is 5.69 Å². The lowest BCUT2D eigenvalue weighted by Gasteiger charge is -2.11. The van der Waals surface area contributed by atoms with E-state index < -0.39 is 0 Å². The van der Waals surface area contributed by atoms with Gasteiger partial charge in [0.25, 0.3) is 5.56 Å². The molecular formula is C14H15N3O2. The third kappa shape index (κ3) is 2.07. The highest BCUT2D eigenvalue weighted by atomic mass is 16.5. The summed E-state index contributed by atoms with van der Waals surface area (Å²) in [6, 6.07) is 7.29. The Bertz CT molecular complexity index is 675. The highest BCUT2D eigenvalue weighted by Gasteiger charge is 2.24. The Morgan fingerprint density at radius 3 is 2.84 bits per heavy atom. The molecule has 2 N–H and O–H groups in total. The van der Waals surface area contributed by atoms with Crippen molar-refractivity contribution in [1.82, 2.24) is 9.55 Å². The van der Waals surface area contributed by atoms with Crippen LogP contribution >= 0.6 is 0 Å². The molecule has 0 atom stereocenters. The number of ether oxygens (including phenoxy) is 1. The van der Waals surface area contributed by atoms with Gasteiger partial charge in [0.15, 0.2) is 5.75 Å². The van der Waals surface area contributed by atoms with Crippen LogP contribution in [-0.2, 0) is 0 Å². The molecule has 0 amide bonds. The maximum Gasteiger partial charge on any atom is 0.254 e. The van der Waals surface area contributed by atoms with Crippen molar-refractivity contribution in [1.29, 1.82) is 0 Å². The molecule has 0 bridgehead atoms. The molecule has 98 valence electrons. The van der Waals surface area contributed by atoms with Crippen molar-refractivity contribution >= 4 is 5.69 Å². The molecule has 1 fully saturated rings. The van der Waals surface area contributed by atoms with Crippen molar-refractivity contribution in [3.8, 4) is 17.0 Å². The van der Waals surface area contributed by atoms with Gasteiger partial charge in [0, 0.05) is 17.7 Å². The first-order valence-electron chi connectivity index (χ1n) is 6.21. The smallest absolute Gasteiger partial charge is 0.254 e. The number of hydrogen-bond acceptors (Lipinski definition) is 4. The predicted molar refractivity (Wildman–Crippen MR) is 73.2 cm³/mol. The Labute approximate surface area is 110 Å². The van der Waals surface area contributed by atoms with E-state index in [0.29, 0.717) is 23.2 Å². The van der Waals surface area contributed by atoms with Crippen molar-refractivity contribution in [2.75, 3.05) is 12.8 Å². The maximum atomic E-state index is 12.0. The standard InChI is InChI=1S/C14H15N3O2/c1-19-14-10(3-2-4-11(14)15)12-7-13(18)17(8-16-12)9-5-6-9/h2-4,7-9H,5-6,15H2,1H3. The number of aromatic nitrogens is 2. The first-order chi connectivity index (χ1) is 9.20. The van der Waals surface area contributed by atoms with E-state index in [0.717, 1.165) is 18.4 Å². The molecule has 1 aliphatic rings. The van der Waals surface area contributed by atoms with E-state index in [-0.39, 0.29) is 5.56 Å². The molecule has 2 aromatic rings. The van der Waals surface area contributed by atoms with Crippen LogP contribution in [0.5, 0.6) is 5.75 Å². The summed E-state index contributed by atoms with van der Waals surface area (Å²) in [5.41, 5.74) is 7.69. The lowest BCUT2D eigenvalue weighted by atomic mass is 10.1. The second-order valence-corrected chi connectivity index (χ2v) is 4.68. The average molecular weight is 257 g/mol. The second kappa shape index (κ2) is 4.42. The number of para-hydroxylation sites is 1. The monoisotopic (exact) mass is 257 g/mol. The normalized spacial score (nSPS) is 14.4. The minimum atomic E-state index is -0.0306. The predicted octanol–water partition coefficient (Wildman–Crippen LogP) is 1.84. The van der Waals surface area contributed by atoms with Crippen molar-refractivity contribution < 1.29 is 4.74 Å². The zero-order valence-corrected chi connectivity index (χ0v) is 10.7. The number of methoxy groups -OCH3 is 1. The van der Waals surface area contributed by atoms with Crippen LogP contribution in [0.2, 0.25) is 0 Å². The van der Waals surface area contributed by atoms with Crippen LogP contribution in [0.15, 0.2) is 35.4 Å². The fraction of sp³-hybridized carbons (Fsp3) is 0.286. The molecular weight excluding hydrogens is 242 g/mol. The molecule has 19 heavy (non-hydrogen) atoms. The Balaban J connectivity index is 2.09. The van der Waals surface area contributed by atoms with E-state index in [2.05, 4.69) is 4.98 Å². The topological polar surface area (TPSA) is 70.1 Å². The third-order valence-corrected chi connectivity index (χ3v) is 3.30. The molecule has 5 heteroatoms. The van der Waals surface area contributed by atoms with Crippen LogP contribution in [0, 0.1) is 0 Å². The van der Waals surface area contributed by atoms with E-state index >= 15 is 0 Å². The highest BCUT2D eigenvalue weighted by molar-refractivity contribution is 5.74. The number of rotatable bonds is 3. The molecule has 1 saturated carbocycles. The fourth-order valence-electron chi connectivity index (χ4n) is 2.17. The van der Waals surface area contributed by atoms with E-state index in [1.807, 2.05) is 12.1 Å². The van der Waals surface area contributed by atoms with Gasteiger partial charge in [-0.25, -0.2) is 4.98 Å². The fourth-order valence-corrected chi connectivity index (χ4v) is 2.17. The summed E-state index contributed by atoms with van der Waals surface area (Å²) in [6.07, 6.45) is 3.73. The van der Waals surface area contributed by atoms with Gasteiger partial charge in [-0.05, 0) is 25.0 Å². The largest absolute Gasteiger partial charge is 0.494 e. The van der Waals surface area contributed by atoms with Gasteiger partial charge >= 0.3 is 0 Å². The number of benzene rings is 1. The lowest BCUT2D eigenvalue weighted by Crippen LogP contribution is -2.18. The zero-order valence-electron chi connectivity index (χ0n) is 10.7. The Kier molecular flexibility index (Phi) is 2.74. The van der Waals surface area contributed by atoms with E-state index in [9.17, 15) is 4.79 Å². The molecule has 1 aliphatic carbocycles. The zero-order chi connectivity index (χ0) is 13.4. The first-order valence-corrected chi connectivity index (χ1v) is 6.21. The number of hydrogen-bond donors (Lipinski definition) is 1. The molecule has 0 unspecified atom stereocenters. The van der Waals surface area contributed by atoms with Gasteiger partial charge in [0.2, 0.25) is 0 Å². The first kappa shape index (κ1) is 11.8. The lowest BCUT2D eigenvalue weighted by molar-refractivity contribution is 0.418. The summed E-state index contributed by atoms with van der Waals surface area (Å²) in [5, 5.41) is 0. The summed E-state index contributed by atoms with van der Waals surface area (Å²) in [5.74, 6) is 0.554. The summed E-state index contributed by atoms with van der Waals surface area (Å²) < 4.78 is 6.97. The highest BCUT2D eigenvalue weighted by Crippen LogP contribution is 2.35. The van der Waals surface area contributed by atoms with Gasteiger partial charge in [-0.2, -0.15) is 0 Å². The van der Waals surface area contributed by atoms with Crippen LogP contribution in [0.1, 0.15) is 18.9 Å². The third-order valence-electron chi connectivity index (χ3n) is 3.30. The molecule has 1 heterocycles. The molecule has 3 rings (SSSR count). The van der Waals surface area contributed by atoms with Crippen molar-refractivity contribution in [3.63, 3.8) is 0 Å². The molecule has 0 aliphatic heterocycles. The van der Waals surface area contributed by atoms with Gasteiger partial charge in [0.05, 0.1) is 24.8 Å². The molecule has 1 aromatic carbocycles. The van der Waals surface area contributed by atoms with Gasteiger partial charge < -0.3 is 10.5 Å². The Morgan fingerprint density at radius 2 is 2.21 bits per heavy atom. The average Bonchev–Trinajstić information content (AvgIpc) is 3.22. The number of nitrogen functional groups attached to an aromatic ring is 1. The van der Waals surface area contributed by atoms with Crippen molar-refractivity contribution in [2.24, 2.45) is 0 Å². The van der Waals surface area contributed by atoms with Gasteiger partial charge in [-0.15, -0.1) is 0 Å². The number of anilines is 1. The number of nitrogens with zero attached hydrogens (tertiary/aromatic N) is 2. The summed E-state index contributed by atoms with van der Waals surface area (Å²) >= 11 is 0. The van der Waals surface area contributed by atoms with E-state index in [1.165, 1.54) is 6.07 Å². The number of nitrogens with two attached hydrogens (primary N) is 1. The van der Waals surface area contributed by atoms with Crippen molar-refractivity contribution in [3.05, 3.63) is 40.9 Å². The van der Waals surface area contributed by atoms with Gasteiger partial charge in [0.1, 0.15) is 0 Å². The summed E-state index contributed by atoms with van der Waals surface area (Å²) in [4.78, 5) is 16.4. The van der Waals surface area contributed by atoms with Gasteiger partial charge in [-0.3, -0.25) is 9.36 Å². The molecule has 5 nitrogen and oxygen atoms in total. The molecule has 1 aromatic heterocycles. The van der Waals surface area contributed by atoms with E-state index in [4.69, 9.17) is 10.5 Å². The van der Waals surface area contributed by atoms with Crippen LogP contribution < -0.4 is 16.0 Å². The van der Waals surface area contributed by atoms with Crippen LogP contribution in [0.25, 0.3) is 11.3 Å². The van der Waals surface area contributed by atoms with Crippen LogP contribution in [-0.4, -0.2) is 16.7 Å². The summed E-state index contributed by atoms with van der Waals surface area (Å²) in [7, 11) is 1.56. The SMILES string of the molecule is COc1c(N)cccc1-c1cc(=O)n(C2CC2)cn1. The summed E-state index contributed by atoms with van der Waals surface area (Å²) in [6.45, 7) is 0. The van der Waals surface area contributed by atoms with Crippen LogP contribution in [0.3, 0.4) is 0 Å². The minimum Gasteiger partial charge on any atom is -0.494 e. The molecule has 0 radical (unpaired) electrons. The molecule has 0 spiro atoms. The maximum absolute atomic E-state index is 12.0. The van der Waals surface area contributed by atoms with E-state index in [1.54, 1.807) is 24.1 Å². The quantitative estimate of drug-likeness (QED) is 0.852. The second-order valence-electron chi connectivity index (χ2n) is 4.68. The van der Waals surface area contributed by atoms with Gasteiger partial charge in [-0.1, -0.05) is 6.07 Å². The van der Waals surface area contributed by atoms with Crippen molar-refractivity contribution in [2.45, 2.75) is 18.9 Å². The Hall–Kier alpha value is -2.30. The molecule has 0 saturated heterocycles. The Morgan fingerprint density at radius 1 is 1.42 bits per heavy atom. The minimum absolute atomic E-state index is 0.0306.